The van der Waals surface area contributed by atoms with Gasteiger partial charge in [-0.2, -0.15) is 5.26 Å². The predicted octanol–water partition coefficient (Wildman–Crippen LogP) is 3.70. The third kappa shape index (κ3) is 8.78. The molecule has 4 nitrogen and oxygen atoms in total. The fourth-order valence-electron chi connectivity index (χ4n) is 2.10. The summed E-state index contributed by atoms with van der Waals surface area (Å²) in [7, 11) is 0. The molecule has 0 aromatic heterocycles. The number of hydrogen-bond donors (Lipinski definition) is 2. The van der Waals surface area contributed by atoms with Crippen LogP contribution in [0.4, 0.5) is 0 Å². The third-order valence-electron chi connectivity index (χ3n) is 3.42. The van der Waals surface area contributed by atoms with Crippen molar-refractivity contribution in [3.8, 4) is 0 Å². The van der Waals surface area contributed by atoms with Crippen molar-refractivity contribution in [2.75, 3.05) is 0 Å². The van der Waals surface area contributed by atoms with Gasteiger partial charge in [-0.1, -0.05) is 51.7 Å². The predicted molar refractivity (Wildman–Crippen MR) is 75.6 cm³/mol. The van der Waals surface area contributed by atoms with Crippen molar-refractivity contribution in [1.82, 2.24) is 0 Å². The highest BCUT2D eigenvalue weighted by Gasteiger charge is 2.23. The Morgan fingerprint density at radius 3 is 2.37 bits per heavy atom. The lowest BCUT2D eigenvalue weighted by molar-refractivity contribution is -0.234. The van der Waals surface area contributed by atoms with Gasteiger partial charge in [-0.15, -0.1) is 0 Å². The number of unbranched alkanes of at least 4 members (excludes halogenated alkanes) is 4. The molecule has 1 atom stereocenters. The molecule has 19 heavy (non-hydrogen) atoms. The second-order valence-electron chi connectivity index (χ2n) is 5.61. The van der Waals surface area contributed by atoms with E-state index in [0.29, 0.717) is 0 Å². The highest BCUT2D eigenvalue weighted by molar-refractivity contribution is 5.68. The average Bonchev–Trinajstić information content (AvgIpc) is 2.36. The molecular formula is C15H28O4. The fraction of sp³-hybridized carbons (Fsp3) is 0.800. The normalized spacial score (nSPS) is 13.7. The fourth-order valence-corrected chi connectivity index (χ4v) is 2.10. The first-order chi connectivity index (χ1) is 8.94. The smallest absolute Gasteiger partial charge is 0.342 e. The molecule has 0 aromatic carbocycles. The van der Waals surface area contributed by atoms with Crippen molar-refractivity contribution >= 4 is 5.97 Å². The van der Waals surface area contributed by atoms with E-state index in [0.717, 1.165) is 38.5 Å². The van der Waals surface area contributed by atoms with Crippen LogP contribution in [0.3, 0.4) is 0 Å². The van der Waals surface area contributed by atoms with Crippen molar-refractivity contribution in [2.24, 2.45) is 5.41 Å². The van der Waals surface area contributed by atoms with Crippen molar-refractivity contribution < 1.29 is 20.0 Å². The van der Waals surface area contributed by atoms with Gasteiger partial charge in [0, 0.05) is 11.8 Å². The summed E-state index contributed by atoms with van der Waals surface area (Å²) in [5.74, 6) is -0.566. The van der Waals surface area contributed by atoms with E-state index in [4.69, 9.17) is 5.26 Å². The average molecular weight is 272 g/mol. The second kappa shape index (κ2) is 9.98. The van der Waals surface area contributed by atoms with Gasteiger partial charge in [-0.25, -0.2) is 4.79 Å². The minimum atomic E-state index is -0.566. The van der Waals surface area contributed by atoms with Gasteiger partial charge < -0.3 is 9.99 Å². The third-order valence-corrected chi connectivity index (χ3v) is 3.42. The Bertz CT molecular complexity index is 271. The van der Waals surface area contributed by atoms with Crippen LogP contribution in [0.15, 0.2) is 12.2 Å². The Morgan fingerprint density at radius 1 is 1.21 bits per heavy atom. The summed E-state index contributed by atoms with van der Waals surface area (Å²) in [6.45, 7) is 6.04. The number of aliphatic hydroxyl groups is 1. The van der Waals surface area contributed by atoms with Crippen LogP contribution in [0.2, 0.25) is 0 Å². The van der Waals surface area contributed by atoms with Crippen LogP contribution in [0.25, 0.3) is 0 Å². The Kier molecular flexibility index (Phi) is 9.53. The molecule has 0 saturated carbocycles. The van der Waals surface area contributed by atoms with E-state index < -0.39 is 5.97 Å². The minimum absolute atomic E-state index is 0.167. The van der Waals surface area contributed by atoms with Crippen molar-refractivity contribution in [1.29, 1.82) is 0 Å². The first-order valence-electron chi connectivity index (χ1n) is 7.10. The van der Waals surface area contributed by atoms with E-state index in [2.05, 4.69) is 4.89 Å². The molecule has 0 aliphatic carbocycles. The Balaban J connectivity index is 3.56. The van der Waals surface area contributed by atoms with E-state index in [1.54, 1.807) is 0 Å². The SMILES string of the molecule is CC=CC(C)(C)C(O)CCCCCCCC(=O)OO. The number of aliphatic hydroxyl groups excluding tert-OH is 1. The number of carbonyl (C=O) groups is 1. The largest absolute Gasteiger partial charge is 0.392 e. The summed E-state index contributed by atoms with van der Waals surface area (Å²) in [5, 5.41) is 18.1. The molecular weight excluding hydrogens is 244 g/mol. The quantitative estimate of drug-likeness (QED) is 0.275. The summed E-state index contributed by atoms with van der Waals surface area (Å²) < 4.78 is 0. The van der Waals surface area contributed by atoms with Gasteiger partial charge in [0.1, 0.15) is 0 Å². The molecule has 1 unspecified atom stereocenters. The van der Waals surface area contributed by atoms with E-state index in [1.807, 2.05) is 32.9 Å². The van der Waals surface area contributed by atoms with E-state index in [9.17, 15) is 9.90 Å². The van der Waals surface area contributed by atoms with Gasteiger partial charge in [-0.3, -0.25) is 0 Å². The van der Waals surface area contributed by atoms with Crippen LogP contribution in [0.1, 0.15) is 65.7 Å². The lowest BCUT2D eigenvalue weighted by Crippen LogP contribution is -2.27. The number of allylic oxidation sites excluding steroid dienone is 1. The van der Waals surface area contributed by atoms with E-state index >= 15 is 0 Å². The topological polar surface area (TPSA) is 66.8 Å². The van der Waals surface area contributed by atoms with E-state index in [-0.39, 0.29) is 17.9 Å². The molecule has 2 N–H and O–H groups in total. The molecule has 0 aromatic rings. The number of rotatable bonds is 10. The first kappa shape index (κ1) is 18.1. The van der Waals surface area contributed by atoms with Gasteiger partial charge in [0.05, 0.1) is 6.10 Å². The number of hydrogen-bond acceptors (Lipinski definition) is 4. The summed E-state index contributed by atoms with van der Waals surface area (Å²) >= 11 is 0. The van der Waals surface area contributed by atoms with Crippen LogP contribution in [-0.2, 0) is 9.68 Å². The highest BCUT2D eigenvalue weighted by Crippen LogP contribution is 2.26. The number of carbonyl (C=O) groups excluding carboxylic acids is 1. The Hall–Kier alpha value is -0.870. The molecule has 0 heterocycles. The zero-order valence-corrected chi connectivity index (χ0v) is 12.4. The molecule has 112 valence electrons. The van der Waals surface area contributed by atoms with Crippen LogP contribution in [0.5, 0.6) is 0 Å². The molecule has 0 aliphatic heterocycles. The van der Waals surface area contributed by atoms with Gasteiger partial charge in [0.25, 0.3) is 0 Å². The lowest BCUT2D eigenvalue weighted by Gasteiger charge is -2.27. The summed E-state index contributed by atoms with van der Waals surface area (Å²) in [6.07, 6.45) is 9.55. The summed E-state index contributed by atoms with van der Waals surface area (Å²) in [4.78, 5) is 14.2. The molecule has 0 rings (SSSR count). The zero-order chi connectivity index (χ0) is 14.7. The molecule has 0 aliphatic rings. The summed E-state index contributed by atoms with van der Waals surface area (Å²) in [6, 6.07) is 0. The molecule has 0 radical (unpaired) electrons. The van der Waals surface area contributed by atoms with E-state index in [1.165, 1.54) is 0 Å². The van der Waals surface area contributed by atoms with Crippen molar-refractivity contribution in [3.05, 3.63) is 12.2 Å². The Morgan fingerprint density at radius 2 is 1.79 bits per heavy atom. The lowest BCUT2D eigenvalue weighted by atomic mass is 9.83. The van der Waals surface area contributed by atoms with Crippen LogP contribution in [-0.4, -0.2) is 22.4 Å². The van der Waals surface area contributed by atoms with Gasteiger partial charge in [0.2, 0.25) is 0 Å². The monoisotopic (exact) mass is 272 g/mol. The minimum Gasteiger partial charge on any atom is -0.392 e. The van der Waals surface area contributed by atoms with Crippen molar-refractivity contribution in [3.63, 3.8) is 0 Å². The van der Waals surface area contributed by atoms with Gasteiger partial charge in [0.15, 0.2) is 0 Å². The standard InChI is InChI=1S/C15H28O4/c1-4-12-15(2,3)13(16)10-8-6-5-7-9-11-14(17)19-18/h4,12-13,16,18H,5-11H2,1-3H3. The van der Waals surface area contributed by atoms with Crippen LogP contribution in [0, 0.1) is 5.41 Å². The van der Waals surface area contributed by atoms with Gasteiger partial charge >= 0.3 is 5.97 Å². The molecule has 0 bridgehead atoms. The maximum atomic E-state index is 10.7. The zero-order valence-electron chi connectivity index (χ0n) is 12.4. The highest BCUT2D eigenvalue weighted by atomic mass is 17.1. The van der Waals surface area contributed by atoms with Crippen LogP contribution < -0.4 is 0 Å². The first-order valence-corrected chi connectivity index (χ1v) is 7.10. The maximum Gasteiger partial charge on any atom is 0.342 e. The Labute approximate surface area is 116 Å². The van der Waals surface area contributed by atoms with Crippen LogP contribution >= 0.6 is 0 Å². The molecule has 0 spiro atoms. The second-order valence-corrected chi connectivity index (χ2v) is 5.61. The molecule has 0 saturated heterocycles. The van der Waals surface area contributed by atoms with Crippen molar-refractivity contribution in [2.45, 2.75) is 71.8 Å². The summed E-state index contributed by atoms with van der Waals surface area (Å²) in [5.41, 5.74) is -0.167. The van der Waals surface area contributed by atoms with Gasteiger partial charge in [-0.05, 0) is 19.8 Å². The maximum absolute atomic E-state index is 10.7. The molecule has 0 amide bonds. The molecule has 4 heteroatoms. The molecule has 0 fully saturated rings.